The van der Waals surface area contributed by atoms with Crippen molar-refractivity contribution in [3.63, 3.8) is 0 Å². The van der Waals surface area contributed by atoms with Gasteiger partial charge in [0.15, 0.2) is 0 Å². The number of nitro benzene ring substituents is 1. The number of piperidine rings is 2. The molecule has 0 atom stereocenters. The molecule has 0 radical (unpaired) electrons. The predicted molar refractivity (Wildman–Crippen MR) is 144 cm³/mol. The van der Waals surface area contributed by atoms with Crippen LogP contribution in [0.15, 0.2) is 48.8 Å². The van der Waals surface area contributed by atoms with Crippen molar-refractivity contribution >= 4 is 22.7 Å². The van der Waals surface area contributed by atoms with Gasteiger partial charge in [-0.2, -0.15) is 5.10 Å². The zero-order valence-corrected chi connectivity index (χ0v) is 21.4. The maximum Gasteiger partial charge on any atom is 0.271 e. The first-order valence-electron chi connectivity index (χ1n) is 13.5. The summed E-state index contributed by atoms with van der Waals surface area (Å²) in [7, 11) is 0. The van der Waals surface area contributed by atoms with Crippen LogP contribution in [0.4, 0.5) is 26.0 Å². The third kappa shape index (κ3) is 4.39. The quantitative estimate of drug-likeness (QED) is 0.253. The lowest BCUT2D eigenvalue weighted by Gasteiger charge is -2.34. The number of anilines is 2. The molecule has 3 aliphatic rings. The largest absolute Gasteiger partial charge is 0.371 e. The Labute approximate surface area is 223 Å². The Morgan fingerprint density at radius 1 is 0.923 bits per heavy atom. The van der Waals surface area contributed by atoms with Gasteiger partial charge in [0.2, 0.25) is 0 Å². The number of H-pyrrole nitrogens is 1. The number of benzene rings is 1. The van der Waals surface area contributed by atoms with E-state index in [1.165, 1.54) is 18.9 Å². The minimum Gasteiger partial charge on any atom is -0.371 e. The highest BCUT2D eigenvalue weighted by Gasteiger charge is 2.44. The molecule has 1 N–H and O–H groups in total. The average molecular weight is 534 g/mol. The number of hydrogen-bond acceptors (Lipinski definition) is 6. The van der Waals surface area contributed by atoms with E-state index in [2.05, 4.69) is 20.0 Å². The van der Waals surface area contributed by atoms with Gasteiger partial charge in [-0.25, -0.2) is 18.3 Å². The lowest BCUT2D eigenvalue weighted by Crippen LogP contribution is -2.40. The third-order valence-corrected chi connectivity index (χ3v) is 8.75. The third-order valence-electron chi connectivity index (χ3n) is 8.75. The van der Waals surface area contributed by atoms with Crippen LogP contribution in [0.2, 0.25) is 0 Å². The van der Waals surface area contributed by atoms with Gasteiger partial charge in [-0.15, -0.1) is 0 Å². The molecule has 2 aliphatic heterocycles. The fraction of sp³-hybridized carbons (Fsp3) is 0.429. The van der Waals surface area contributed by atoms with Crippen molar-refractivity contribution in [2.75, 3.05) is 36.0 Å². The summed E-state index contributed by atoms with van der Waals surface area (Å²) >= 11 is 0. The van der Waals surface area contributed by atoms with Gasteiger partial charge >= 0.3 is 0 Å². The minimum absolute atomic E-state index is 0.0650. The summed E-state index contributed by atoms with van der Waals surface area (Å²) in [5, 5.41) is 16.0. The van der Waals surface area contributed by atoms with E-state index in [1.807, 2.05) is 23.1 Å². The lowest BCUT2D eigenvalue weighted by atomic mass is 9.93. The molecule has 202 valence electrons. The number of nitrogens with one attached hydrogen (secondary N) is 1. The molecule has 0 unspecified atom stereocenters. The second kappa shape index (κ2) is 8.75. The first-order chi connectivity index (χ1) is 18.8. The zero-order valence-electron chi connectivity index (χ0n) is 21.4. The van der Waals surface area contributed by atoms with E-state index in [0.717, 1.165) is 59.8 Å². The summed E-state index contributed by atoms with van der Waals surface area (Å²) < 4.78 is 29.4. The summed E-state index contributed by atoms with van der Waals surface area (Å²) in [6.07, 6.45) is 7.87. The molecule has 5 heterocycles. The number of pyridine rings is 1. The summed E-state index contributed by atoms with van der Waals surface area (Å²) in [4.78, 5) is 23.5. The molecule has 39 heavy (non-hydrogen) atoms. The van der Waals surface area contributed by atoms with Gasteiger partial charge in [-0.1, -0.05) is 0 Å². The molecule has 11 heteroatoms. The van der Waals surface area contributed by atoms with Gasteiger partial charge in [0.1, 0.15) is 11.6 Å². The number of halogens is 2. The highest BCUT2D eigenvalue weighted by Crippen LogP contribution is 2.54. The van der Waals surface area contributed by atoms with Crippen LogP contribution < -0.4 is 9.80 Å². The maximum absolute atomic E-state index is 13.8. The Balaban J connectivity index is 1.24. The Hall–Kier alpha value is -4.02. The number of alkyl halides is 2. The van der Waals surface area contributed by atoms with Crippen molar-refractivity contribution in [1.82, 2.24) is 19.6 Å². The number of fused-ring (bicyclic) bond motifs is 1. The van der Waals surface area contributed by atoms with Crippen molar-refractivity contribution in [3.05, 3.63) is 58.9 Å². The number of rotatable bonds is 5. The standard InChI is InChI=1S/C28H29F2N7O2/c29-28(30)8-13-35(14-9-28)25-16-19(15-20-3-10-32-36(20)25)23-18-31-26(33-23)22-2-1-21(37(38)39)17-24(22)34-11-6-27(4-5-27)7-12-34/h1-3,10,15-18H,4-9,11-14H2,(H,31,33). The van der Waals surface area contributed by atoms with Gasteiger partial charge in [0.05, 0.1) is 34.2 Å². The molecular formula is C28H29F2N7O2. The number of nitrogens with zero attached hydrogens (tertiary/aromatic N) is 6. The van der Waals surface area contributed by atoms with Crippen LogP contribution in [-0.2, 0) is 0 Å². The van der Waals surface area contributed by atoms with Gasteiger partial charge in [0, 0.05) is 62.3 Å². The van der Waals surface area contributed by atoms with Crippen molar-refractivity contribution in [2.24, 2.45) is 5.41 Å². The van der Waals surface area contributed by atoms with Gasteiger partial charge in [-0.3, -0.25) is 10.1 Å². The Kier molecular flexibility index (Phi) is 5.40. The molecule has 1 aromatic carbocycles. The topological polar surface area (TPSA) is 95.6 Å². The second-order valence-electron chi connectivity index (χ2n) is 11.2. The molecule has 2 saturated heterocycles. The van der Waals surface area contributed by atoms with Crippen LogP contribution in [0.1, 0.15) is 38.5 Å². The zero-order chi connectivity index (χ0) is 26.8. The number of hydrogen-bond donors (Lipinski definition) is 1. The fourth-order valence-corrected chi connectivity index (χ4v) is 6.06. The normalized spacial score (nSPS) is 20.1. The first kappa shape index (κ1) is 24.1. The summed E-state index contributed by atoms with van der Waals surface area (Å²) in [6, 6.07) is 10.8. The van der Waals surface area contributed by atoms with Crippen LogP contribution >= 0.6 is 0 Å². The molecule has 4 aromatic rings. The van der Waals surface area contributed by atoms with Crippen molar-refractivity contribution in [2.45, 2.75) is 44.4 Å². The van der Waals surface area contributed by atoms with Crippen molar-refractivity contribution in [3.8, 4) is 22.6 Å². The predicted octanol–water partition coefficient (Wildman–Crippen LogP) is 5.92. The lowest BCUT2D eigenvalue weighted by molar-refractivity contribution is -0.384. The minimum atomic E-state index is -2.63. The van der Waals surface area contributed by atoms with Gasteiger partial charge in [-0.05, 0) is 55.4 Å². The van der Waals surface area contributed by atoms with E-state index in [0.29, 0.717) is 11.2 Å². The molecular weight excluding hydrogens is 504 g/mol. The number of aromatic amines is 1. The first-order valence-corrected chi connectivity index (χ1v) is 13.5. The van der Waals surface area contributed by atoms with Crippen molar-refractivity contribution in [1.29, 1.82) is 0 Å². The highest BCUT2D eigenvalue weighted by molar-refractivity contribution is 5.79. The Morgan fingerprint density at radius 3 is 2.38 bits per heavy atom. The number of aromatic nitrogens is 4. The van der Waals surface area contributed by atoms with Gasteiger partial charge < -0.3 is 14.8 Å². The van der Waals surface area contributed by atoms with Crippen LogP contribution in [0, 0.1) is 15.5 Å². The van der Waals surface area contributed by atoms with Crippen molar-refractivity contribution < 1.29 is 13.7 Å². The maximum atomic E-state index is 13.8. The molecule has 3 aromatic heterocycles. The van der Waals surface area contributed by atoms with Crippen LogP contribution in [-0.4, -0.2) is 56.6 Å². The van der Waals surface area contributed by atoms with Gasteiger partial charge in [0.25, 0.3) is 11.6 Å². The highest BCUT2D eigenvalue weighted by atomic mass is 19.3. The summed E-state index contributed by atoms with van der Waals surface area (Å²) in [5.41, 5.74) is 4.70. The molecule has 9 nitrogen and oxygen atoms in total. The van der Waals surface area contributed by atoms with Crippen LogP contribution in [0.3, 0.4) is 0 Å². The number of nitro groups is 1. The van der Waals surface area contributed by atoms with Crippen LogP contribution in [0.5, 0.6) is 0 Å². The smallest absolute Gasteiger partial charge is 0.271 e. The van der Waals surface area contributed by atoms with E-state index >= 15 is 0 Å². The molecule has 0 bridgehead atoms. The fourth-order valence-electron chi connectivity index (χ4n) is 6.06. The van der Waals surface area contributed by atoms with Crippen LogP contribution in [0.25, 0.3) is 28.2 Å². The SMILES string of the molecule is O=[N+]([O-])c1ccc(-c2ncc(-c3cc(N4CCC(F)(F)CC4)n4nccc4c3)[nH]2)c(N2CCC3(CC2)CC3)c1. The molecule has 1 aliphatic carbocycles. The second-order valence-corrected chi connectivity index (χ2v) is 11.2. The van der Waals surface area contributed by atoms with E-state index in [4.69, 9.17) is 0 Å². The molecule has 1 saturated carbocycles. The average Bonchev–Trinajstić information content (AvgIpc) is 3.30. The monoisotopic (exact) mass is 533 g/mol. The van der Waals surface area contributed by atoms with E-state index < -0.39 is 5.92 Å². The molecule has 1 spiro atoms. The van der Waals surface area contributed by atoms with E-state index in [9.17, 15) is 18.9 Å². The number of imidazole rings is 1. The summed E-state index contributed by atoms with van der Waals surface area (Å²) in [6.45, 7) is 2.25. The molecule has 7 rings (SSSR count). The Morgan fingerprint density at radius 2 is 1.67 bits per heavy atom. The van der Waals surface area contributed by atoms with E-state index in [-0.39, 0.29) is 36.5 Å². The summed E-state index contributed by atoms with van der Waals surface area (Å²) in [5.74, 6) is -1.24. The Bertz CT molecular complexity index is 1560. The molecule has 3 fully saturated rings. The van der Waals surface area contributed by atoms with E-state index in [1.54, 1.807) is 29.0 Å². The number of non-ortho nitro benzene ring substituents is 1. The molecule has 0 amide bonds.